The smallest absolute Gasteiger partial charge is 0.340 e. The monoisotopic (exact) mass is 421 g/mol. The van der Waals surface area contributed by atoms with Crippen molar-refractivity contribution >= 4 is 29.3 Å². The van der Waals surface area contributed by atoms with E-state index in [4.69, 9.17) is 21.1 Å². The number of ketones is 1. The molecule has 4 fully saturated rings. The Morgan fingerprint density at radius 1 is 1.10 bits per heavy atom. The molecule has 7 heteroatoms. The molecule has 6 nitrogen and oxygen atoms in total. The number of H-pyrrole nitrogens is 1. The number of Topliss-reactive ketones (excluding diaryl/α,β-unsaturated/α-hetero) is 1. The number of hydrogen-bond acceptors (Lipinski definition) is 5. The van der Waals surface area contributed by atoms with Crippen LogP contribution < -0.4 is 0 Å². The van der Waals surface area contributed by atoms with Crippen molar-refractivity contribution in [3.63, 3.8) is 0 Å². The zero-order valence-electron chi connectivity index (χ0n) is 17.2. The van der Waals surface area contributed by atoms with Crippen LogP contribution in [0.2, 0.25) is 0 Å². The maximum atomic E-state index is 13.0. The van der Waals surface area contributed by atoms with Crippen molar-refractivity contribution < 1.29 is 23.9 Å². The van der Waals surface area contributed by atoms with E-state index in [0.29, 0.717) is 35.1 Å². The van der Waals surface area contributed by atoms with Crippen LogP contribution in [-0.2, 0) is 14.3 Å². The molecule has 0 spiro atoms. The van der Waals surface area contributed by atoms with Crippen LogP contribution in [0.25, 0.3) is 0 Å². The van der Waals surface area contributed by atoms with E-state index in [0.717, 1.165) is 32.1 Å². The van der Waals surface area contributed by atoms with Crippen LogP contribution in [0, 0.1) is 31.1 Å². The van der Waals surface area contributed by atoms with Gasteiger partial charge in [-0.1, -0.05) is 0 Å². The van der Waals surface area contributed by atoms with Gasteiger partial charge in [-0.25, -0.2) is 4.79 Å². The van der Waals surface area contributed by atoms with E-state index in [1.807, 2.05) is 0 Å². The lowest BCUT2D eigenvalue weighted by Crippen LogP contribution is -2.56. The first kappa shape index (κ1) is 20.5. The highest BCUT2D eigenvalue weighted by atomic mass is 35.5. The molecule has 0 aromatic carbocycles. The minimum absolute atomic E-state index is 0.260. The van der Waals surface area contributed by atoms with Gasteiger partial charge in [0.15, 0.2) is 6.61 Å². The molecular formula is C22H28ClNO5. The van der Waals surface area contributed by atoms with Gasteiger partial charge >= 0.3 is 11.9 Å². The number of hydrogen-bond donors (Lipinski definition) is 1. The minimum Gasteiger partial charge on any atom is -0.462 e. The van der Waals surface area contributed by atoms with E-state index in [2.05, 4.69) is 4.98 Å². The van der Waals surface area contributed by atoms with Crippen LogP contribution in [0.1, 0.15) is 77.6 Å². The average Bonchev–Trinajstić information content (AvgIpc) is 2.92. The highest BCUT2D eigenvalue weighted by Gasteiger charge is 2.60. The van der Waals surface area contributed by atoms with Crippen LogP contribution in [0.4, 0.5) is 0 Å². The molecule has 0 unspecified atom stereocenters. The summed E-state index contributed by atoms with van der Waals surface area (Å²) in [4.78, 5) is 40.5. The predicted octanol–water partition coefficient (Wildman–Crippen LogP) is 4.11. The summed E-state index contributed by atoms with van der Waals surface area (Å²) in [5, 5.41) is 0. The van der Waals surface area contributed by atoms with Crippen molar-refractivity contribution in [1.82, 2.24) is 4.98 Å². The van der Waals surface area contributed by atoms with E-state index in [-0.39, 0.29) is 35.5 Å². The number of alkyl halides is 1. The van der Waals surface area contributed by atoms with Crippen molar-refractivity contribution in [2.75, 3.05) is 13.2 Å². The maximum absolute atomic E-state index is 13.0. The molecule has 1 aromatic rings. The van der Waals surface area contributed by atoms with Crippen LogP contribution in [0.5, 0.6) is 0 Å². The predicted molar refractivity (Wildman–Crippen MR) is 107 cm³/mol. The van der Waals surface area contributed by atoms with E-state index in [1.165, 1.54) is 0 Å². The van der Waals surface area contributed by atoms with Gasteiger partial charge in [-0.15, -0.1) is 11.6 Å². The number of ether oxygens (including phenoxy) is 2. The van der Waals surface area contributed by atoms with Crippen molar-refractivity contribution in [2.24, 2.45) is 17.3 Å². The number of rotatable bonds is 6. The molecular weight excluding hydrogens is 394 g/mol. The lowest BCUT2D eigenvalue weighted by molar-refractivity contribution is -0.168. The molecule has 2 atom stereocenters. The summed E-state index contributed by atoms with van der Waals surface area (Å²) in [5.74, 6) is -0.137. The summed E-state index contributed by atoms with van der Waals surface area (Å²) in [6.07, 6.45) is 5.40. The molecule has 29 heavy (non-hydrogen) atoms. The quantitative estimate of drug-likeness (QED) is 0.424. The van der Waals surface area contributed by atoms with E-state index >= 15 is 0 Å². The topological polar surface area (TPSA) is 85.5 Å². The Kier molecular flexibility index (Phi) is 5.04. The fraction of sp³-hybridized carbons (Fsp3) is 0.682. The van der Waals surface area contributed by atoms with E-state index in [9.17, 15) is 14.4 Å². The zero-order chi connectivity index (χ0) is 21.0. The highest BCUT2D eigenvalue weighted by molar-refractivity contribution is 6.24. The Bertz CT molecular complexity index is 859. The molecule has 4 bridgehead atoms. The van der Waals surface area contributed by atoms with Gasteiger partial charge in [-0.05, 0) is 76.7 Å². The first-order valence-electron chi connectivity index (χ1n) is 10.4. The van der Waals surface area contributed by atoms with Gasteiger partial charge in [0.05, 0.1) is 23.3 Å². The van der Waals surface area contributed by atoms with Crippen LogP contribution in [0.15, 0.2) is 0 Å². The van der Waals surface area contributed by atoms with Gasteiger partial charge < -0.3 is 14.5 Å². The molecule has 5 rings (SSSR count). The Hall–Kier alpha value is -1.82. The third kappa shape index (κ3) is 3.49. The number of nitrogens with one attached hydrogen (secondary N) is 1. The Balaban J connectivity index is 1.45. The molecule has 1 heterocycles. The third-order valence-electron chi connectivity index (χ3n) is 6.95. The first-order chi connectivity index (χ1) is 13.7. The molecule has 4 saturated carbocycles. The number of halogens is 1. The maximum Gasteiger partial charge on any atom is 0.340 e. The number of carbonyl (C=O) groups excluding carboxylic acids is 3. The summed E-state index contributed by atoms with van der Waals surface area (Å²) in [7, 11) is 0. The van der Waals surface area contributed by atoms with Gasteiger partial charge in [-0.2, -0.15) is 0 Å². The van der Waals surface area contributed by atoms with Crippen molar-refractivity contribution in [2.45, 2.75) is 64.2 Å². The second-order valence-electron chi connectivity index (χ2n) is 9.24. The second-order valence-corrected chi connectivity index (χ2v) is 10.0. The largest absolute Gasteiger partial charge is 0.462 e. The molecule has 1 aromatic heterocycles. The molecule has 0 saturated heterocycles. The molecule has 4 aliphatic rings. The normalized spacial score (nSPS) is 32.3. The van der Waals surface area contributed by atoms with Crippen molar-refractivity contribution in [3.05, 3.63) is 22.5 Å². The second kappa shape index (κ2) is 7.15. The summed E-state index contributed by atoms with van der Waals surface area (Å²) in [6.45, 7) is 5.07. The Morgan fingerprint density at radius 3 is 2.34 bits per heavy atom. The van der Waals surface area contributed by atoms with Crippen LogP contribution in [-0.4, -0.2) is 40.8 Å². The van der Waals surface area contributed by atoms with Gasteiger partial charge in [0.25, 0.3) is 0 Å². The van der Waals surface area contributed by atoms with Crippen LogP contribution in [0.3, 0.4) is 0 Å². The number of aryl methyl sites for hydroxylation is 1. The summed E-state index contributed by atoms with van der Waals surface area (Å²) in [6, 6.07) is 0. The van der Waals surface area contributed by atoms with E-state index < -0.39 is 11.4 Å². The van der Waals surface area contributed by atoms with Crippen molar-refractivity contribution in [1.29, 1.82) is 0 Å². The Labute approximate surface area is 175 Å². The average molecular weight is 422 g/mol. The molecule has 1 N–H and O–H groups in total. The minimum atomic E-state index is -0.539. The standard InChI is InChI=1S/C22H28ClNO5/c1-4-28-19(26)17-12(2)18(24-13(17)3)16(25)10-29-20(27)21-6-14-5-15(7-21)9-22(23,8-14)11-21/h14-15,24H,4-11H2,1-3H3/t14-,15-,21?,22?/m1/s1. The zero-order valence-corrected chi connectivity index (χ0v) is 18.0. The Morgan fingerprint density at radius 2 is 1.76 bits per heavy atom. The van der Waals surface area contributed by atoms with Crippen LogP contribution >= 0.6 is 11.6 Å². The van der Waals surface area contributed by atoms with Gasteiger partial charge in [-0.3, -0.25) is 9.59 Å². The summed E-state index contributed by atoms with van der Waals surface area (Å²) >= 11 is 6.80. The van der Waals surface area contributed by atoms with Gasteiger partial charge in [0.1, 0.15) is 0 Å². The number of aromatic amines is 1. The lowest BCUT2D eigenvalue weighted by atomic mass is 9.49. The van der Waals surface area contributed by atoms with Crippen molar-refractivity contribution in [3.8, 4) is 0 Å². The molecule has 0 amide bonds. The molecule has 0 aliphatic heterocycles. The van der Waals surface area contributed by atoms with Gasteiger partial charge in [0.2, 0.25) is 5.78 Å². The summed E-state index contributed by atoms with van der Waals surface area (Å²) < 4.78 is 10.6. The van der Waals surface area contributed by atoms with E-state index in [1.54, 1.807) is 20.8 Å². The molecule has 4 aliphatic carbocycles. The molecule has 0 radical (unpaired) electrons. The highest BCUT2D eigenvalue weighted by Crippen LogP contribution is 2.64. The SMILES string of the molecule is CCOC(=O)c1c(C)[nH]c(C(=O)COC(=O)C23C[C@H]4C[C@@H](CC(Cl)(C4)C2)C3)c1C. The molecule has 158 valence electrons. The fourth-order valence-electron chi connectivity index (χ4n) is 6.28. The number of esters is 2. The number of aromatic nitrogens is 1. The van der Waals surface area contributed by atoms with Gasteiger partial charge in [0, 0.05) is 10.6 Å². The third-order valence-corrected chi connectivity index (χ3v) is 7.40. The summed E-state index contributed by atoms with van der Waals surface area (Å²) in [5.41, 5.74) is 1.21. The number of carbonyl (C=O) groups is 3. The fourth-order valence-corrected chi connectivity index (χ4v) is 6.98. The lowest BCUT2D eigenvalue weighted by Gasteiger charge is -2.58. The first-order valence-corrected chi connectivity index (χ1v) is 10.8.